The first-order valence-electron chi connectivity index (χ1n) is 9.73. The van der Waals surface area contributed by atoms with Gasteiger partial charge in [-0.2, -0.15) is 11.8 Å². The largest absolute Gasteiger partial charge is 0.346 e. The van der Waals surface area contributed by atoms with E-state index in [9.17, 15) is 0 Å². The second-order valence-corrected chi connectivity index (χ2v) is 8.71. The lowest BCUT2D eigenvalue weighted by Gasteiger charge is -2.41. The van der Waals surface area contributed by atoms with Gasteiger partial charge in [-0.1, -0.05) is 25.5 Å². The van der Waals surface area contributed by atoms with Crippen LogP contribution in [0.3, 0.4) is 0 Å². The van der Waals surface area contributed by atoms with Crippen molar-refractivity contribution in [1.82, 2.24) is 9.80 Å². The van der Waals surface area contributed by atoms with Crippen molar-refractivity contribution in [1.29, 1.82) is 0 Å². The number of piperazine rings is 1. The molecule has 0 bridgehead atoms. The van der Waals surface area contributed by atoms with Crippen LogP contribution < -0.4 is 5.32 Å². The number of rotatable bonds is 5. The maximum atomic E-state index is 5.65. The number of unbranched alkanes of at least 4 members (excludes halogenated alkanes) is 1. The number of anilines is 1. The molecule has 0 aromatic heterocycles. The van der Waals surface area contributed by atoms with Gasteiger partial charge >= 0.3 is 0 Å². The molecule has 0 radical (unpaired) electrons. The zero-order chi connectivity index (χ0) is 17.5. The highest BCUT2D eigenvalue weighted by atomic mass is 32.2. The van der Waals surface area contributed by atoms with E-state index in [1.807, 2.05) is 0 Å². The summed E-state index contributed by atoms with van der Waals surface area (Å²) in [5.74, 6) is 2.66. The monoisotopic (exact) mass is 377 g/mol. The molecule has 0 saturated carbocycles. The Balaban J connectivity index is 1.44. The van der Waals surface area contributed by atoms with Crippen LogP contribution in [0.2, 0.25) is 0 Å². The zero-order valence-corrected chi connectivity index (χ0v) is 17.0. The smallest absolute Gasteiger partial charge is 0.173 e. The fraction of sp³-hybridized carbons (Fsp3) is 0.650. The van der Waals surface area contributed by atoms with Crippen molar-refractivity contribution >= 4 is 34.8 Å². The second kappa shape index (κ2) is 9.79. The fourth-order valence-corrected chi connectivity index (χ4v) is 5.06. The van der Waals surface area contributed by atoms with Crippen LogP contribution in [-0.2, 0) is 6.42 Å². The van der Waals surface area contributed by atoms with Crippen LogP contribution in [0.1, 0.15) is 38.2 Å². The fourth-order valence-electron chi connectivity index (χ4n) is 3.68. The molecule has 2 aliphatic heterocycles. The van der Waals surface area contributed by atoms with E-state index in [-0.39, 0.29) is 0 Å². The van der Waals surface area contributed by atoms with Crippen molar-refractivity contribution in [2.75, 3.05) is 43.0 Å². The molecule has 1 aromatic carbocycles. The lowest BCUT2D eigenvalue weighted by molar-refractivity contribution is 0.126. The third kappa shape index (κ3) is 5.60. The summed E-state index contributed by atoms with van der Waals surface area (Å²) >= 11 is 7.75. The molecular formula is C20H31N3S2. The van der Waals surface area contributed by atoms with E-state index in [2.05, 4.69) is 58.1 Å². The summed E-state index contributed by atoms with van der Waals surface area (Å²) in [5, 5.41) is 4.30. The van der Waals surface area contributed by atoms with Crippen LogP contribution in [0.4, 0.5) is 5.69 Å². The number of hydrogen-bond donors (Lipinski definition) is 1. The van der Waals surface area contributed by atoms with Gasteiger partial charge in [-0.25, -0.2) is 0 Å². The first kappa shape index (κ1) is 19.0. The Morgan fingerprint density at radius 3 is 2.44 bits per heavy atom. The number of thioether (sulfide) groups is 1. The predicted molar refractivity (Wildman–Crippen MR) is 115 cm³/mol. The van der Waals surface area contributed by atoms with Crippen LogP contribution in [0.15, 0.2) is 24.3 Å². The summed E-state index contributed by atoms with van der Waals surface area (Å²) in [6.45, 7) is 6.62. The standard InChI is InChI=1S/C20H31N3S2/c1-2-3-4-17-5-7-18(8-6-17)21-20(24)23-13-11-22(12-14-23)19-9-15-25-16-10-19/h5-8,19H,2-4,9-16H2,1H3,(H,21,24). The maximum absolute atomic E-state index is 5.65. The molecule has 2 aliphatic rings. The van der Waals surface area contributed by atoms with Crippen LogP contribution >= 0.6 is 24.0 Å². The topological polar surface area (TPSA) is 18.5 Å². The number of thiocarbonyl (C=S) groups is 1. The Bertz CT molecular complexity index is 532. The Morgan fingerprint density at radius 2 is 1.80 bits per heavy atom. The number of nitrogens with one attached hydrogen (secondary N) is 1. The van der Waals surface area contributed by atoms with Gasteiger partial charge in [-0.15, -0.1) is 0 Å². The summed E-state index contributed by atoms with van der Waals surface area (Å²) in [7, 11) is 0. The molecule has 2 heterocycles. The van der Waals surface area contributed by atoms with E-state index in [0.29, 0.717) is 0 Å². The SMILES string of the molecule is CCCCc1ccc(NC(=S)N2CCN(C3CCSCC3)CC2)cc1. The molecule has 2 saturated heterocycles. The molecule has 5 heteroatoms. The molecular weight excluding hydrogens is 346 g/mol. The van der Waals surface area contributed by atoms with Crippen molar-refractivity contribution in [3.63, 3.8) is 0 Å². The first-order valence-corrected chi connectivity index (χ1v) is 11.3. The molecule has 2 fully saturated rings. The number of nitrogens with zero attached hydrogens (tertiary/aromatic N) is 2. The van der Waals surface area contributed by atoms with E-state index in [4.69, 9.17) is 12.2 Å². The summed E-state index contributed by atoms with van der Waals surface area (Å²) < 4.78 is 0. The average Bonchev–Trinajstić information content (AvgIpc) is 2.68. The molecule has 0 amide bonds. The van der Waals surface area contributed by atoms with Gasteiger partial charge in [0, 0.05) is 37.9 Å². The summed E-state index contributed by atoms with van der Waals surface area (Å²) in [6.07, 6.45) is 6.39. The molecule has 0 aliphatic carbocycles. The third-order valence-electron chi connectivity index (χ3n) is 5.33. The van der Waals surface area contributed by atoms with E-state index < -0.39 is 0 Å². The lowest BCUT2D eigenvalue weighted by Crippen LogP contribution is -2.53. The molecule has 0 spiro atoms. The highest BCUT2D eigenvalue weighted by Gasteiger charge is 2.26. The Labute approximate surface area is 162 Å². The minimum atomic E-state index is 0.806. The quantitative estimate of drug-likeness (QED) is 0.771. The van der Waals surface area contributed by atoms with Crippen LogP contribution in [0, 0.1) is 0 Å². The van der Waals surface area contributed by atoms with Gasteiger partial charge in [0.05, 0.1) is 0 Å². The van der Waals surface area contributed by atoms with Crippen LogP contribution in [0.25, 0.3) is 0 Å². The number of hydrogen-bond acceptors (Lipinski definition) is 3. The van der Waals surface area contributed by atoms with Gasteiger partial charge in [0.2, 0.25) is 0 Å². The molecule has 138 valence electrons. The minimum Gasteiger partial charge on any atom is -0.346 e. The van der Waals surface area contributed by atoms with Crippen molar-refractivity contribution in [3.8, 4) is 0 Å². The Morgan fingerprint density at radius 1 is 1.12 bits per heavy atom. The summed E-state index contributed by atoms with van der Waals surface area (Å²) in [4.78, 5) is 5.01. The molecule has 25 heavy (non-hydrogen) atoms. The van der Waals surface area contributed by atoms with Crippen LogP contribution in [0.5, 0.6) is 0 Å². The minimum absolute atomic E-state index is 0.806. The van der Waals surface area contributed by atoms with E-state index in [1.165, 1.54) is 49.2 Å². The maximum Gasteiger partial charge on any atom is 0.173 e. The third-order valence-corrected chi connectivity index (χ3v) is 6.74. The van der Waals surface area contributed by atoms with Gasteiger partial charge in [0.1, 0.15) is 0 Å². The van der Waals surface area contributed by atoms with Gasteiger partial charge in [-0.3, -0.25) is 4.90 Å². The van der Waals surface area contributed by atoms with Gasteiger partial charge in [0.25, 0.3) is 0 Å². The van der Waals surface area contributed by atoms with Crippen molar-refractivity contribution in [3.05, 3.63) is 29.8 Å². The Hall–Kier alpha value is -0.780. The second-order valence-electron chi connectivity index (χ2n) is 7.10. The van der Waals surface area contributed by atoms with Gasteiger partial charge in [0.15, 0.2) is 5.11 Å². The Kier molecular flexibility index (Phi) is 7.44. The first-order chi connectivity index (χ1) is 12.3. The molecule has 0 atom stereocenters. The van der Waals surface area contributed by atoms with Gasteiger partial charge in [-0.05, 0) is 67.1 Å². The molecule has 1 N–H and O–H groups in total. The molecule has 3 nitrogen and oxygen atoms in total. The zero-order valence-electron chi connectivity index (χ0n) is 15.4. The predicted octanol–water partition coefficient (Wildman–Crippen LogP) is 4.24. The lowest BCUT2D eigenvalue weighted by atomic mass is 10.1. The number of benzene rings is 1. The average molecular weight is 378 g/mol. The normalized spacial score (nSPS) is 19.8. The van der Waals surface area contributed by atoms with E-state index in [1.54, 1.807) is 0 Å². The van der Waals surface area contributed by atoms with Crippen molar-refractivity contribution in [2.45, 2.75) is 45.1 Å². The highest BCUT2D eigenvalue weighted by molar-refractivity contribution is 7.99. The number of aryl methyl sites for hydroxylation is 1. The molecule has 3 rings (SSSR count). The molecule has 0 unspecified atom stereocenters. The van der Waals surface area contributed by atoms with E-state index >= 15 is 0 Å². The highest BCUT2D eigenvalue weighted by Crippen LogP contribution is 2.23. The van der Waals surface area contributed by atoms with Crippen molar-refractivity contribution in [2.24, 2.45) is 0 Å². The summed E-state index contributed by atoms with van der Waals surface area (Å²) in [6, 6.07) is 9.57. The van der Waals surface area contributed by atoms with E-state index in [0.717, 1.165) is 43.0 Å². The summed E-state index contributed by atoms with van der Waals surface area (Å²) in [5.41, 5.74) is 2.52. The van der Waals surface area contributed by atoms with Crippen molar-refractivity contribution < 1.29 is 0 Å². The molecule has 1 aromatic rings. The van der Waals surface area contributed by atoms with Gasteiger partial charge < -0.3 is 10.2 Å². The van der Waals surface area contributed by atoms with Crippen LogP contribution in [-0.4, -0.2) is 58.6 Å².